The predicted molar refractivity (Wildman–Crippen MR) is 64.5 cm³/mol. The lowest BCUT2D eigenvalue weighted by Gasteiger charge is -2.23. The molecule has 0 spiro atoms. The topological polar surface area (TPSA) is 28.2 Å². The molecule has 3 nitrogen and oxygen atoms in total. The molecule has 0 saturated heterocycles. The zero-order valence-electron chi connectivity index (χ0n) is 9.97. The van der Waals surface area contributed by atoms with Crippen LogP contribution in [0.2, 0.25) is 5.02 Å². The molecule has 18 heavy (non-hydrogen) atoms. The number of likely N-dealkylation sites (N-methyl/N-ethyl adjacent to an activating group) is 1. The minimum absolute atomic E-state index is 0.127. The van der Waals surface area contributed by atoms with Crippen molar-refractivity contribution in [3.8, 4) is 0 Å². The van der Waals surface area contributed by atoms with Crippen LogP contribution in [0.5, 0.6) is 0 Å². The highest BCUT2D eigenvalue weighted by molar-refractivity contribution is 6.30. The molecule has 0 aliphatic heterocycles. The minimum Gasteiger partial charge on any atom is -0.318 e. The zero-order chi connectivity index (χ0) is 13.6. The van der Waals surface area contributed by atoms with E-state index in [1.165, 1.54) is 11.1 Å². The SMILES string of the molecule is CNCCN(Cc1cc(Cl)ccn1)CC(F)(F)F. The third kappa shape index (κ3) is 6.18. The van der Waals surface area contributed by atoms with Gasteiger partial charge >= 0.3 is 6.18 Å². The molecule has 0 bridgehead atoms. The van der Waals surface area contributed by atoms with Crippen molar-refractivity contribution in [2.24, 2.45) is 0 Å². The van der Waals surface area contributed by atoms with Crippen LogP contribution < -0.4 is 5.32 Å². The normalized spacial score (nSPS) is 12.1. The predicted octanol–water partition coefficient (Wildman–Crippen LogP) is 2.32. The van der Waals surface area contributed by atoms with Crippen molar-refractivity contribution in [1.82, 2.24) is 15.2 Å². The van der Waals surface area contributed by atoms with E-state index in [1.54, 1.807) is 19.2 Å². The van der Waals surface area contributed by atoms with Crippen molar-refractivity contribution in [3.05, 3.63) is 29.0 Å². The molecule has 0 aromatic carbocycles. The van der Waals surface area contributed by atoms with Crippen LogP contribution in [0.25, 0.3) is 0 Å². The highest BCUT2D eigenvalue weighted by Crippen LogP contribution is 2.18. The van der Waals surface area contributed by atoms with Gasteiger partial charge in [0.2, 0.25) is 0 Å². The van der Waals surface area contributed by atoms with Gasteiger partial charge in [-0.05, 0) is 19.2 Å². The van der Waals surface area contributed by atoms with Crippen LogP contribution in [-0.4, -0.2) is 42.7 Å². The summed E-state index contributed by atoms with van der Waals surface area (Å²) in [7, 11) is 1.70. The van der Waals surface area contributed by atoms with E-state index >= 15 is 0 Å². The summed E-state index contributed by atoms with van der Waals surface area (Å²) in [6, 6.07) is 3.16. The van der Waals surface area contributed by atoms with Crippen LogP contribution in [0.3, 0.4) is 0 Å². The Bertz CT molecular complexity index is 371. The highest BCUT2D eigenvalue weighted by atomic mass is 35.5. The maximum absolute atomic E-state index is 12.4. The lowest BCUT2D eigenvalue weighted by atomic mass is 10.3. The molecule has 102 valence electrons. The fraction of sp³-hybridized carbons (Fsp3) is 0.545. The summed E-state index contributed by atoms with van der Waals surface area (Å²) in [6.45, 7) is -0.0501. The molecule has 0 atom stereocenters. The average molecular weight is 282 g/mol. The smallest absolute Gasteiger partial charge is 0.318 e. The molecule has 0 unspecified atom stereocenters. The van der Waals surface area contributed by atoms with Gasteiger partial charge < -0.3 is 5.32 Å². The van der Waals surface area contributed by atoms with E-state index in [4.69, 9.17) is 11.6 Å². The van der Waals surface area contributed by atoms with Crippen molar-refractivity contribution in [2.75, 3.05) is 26.7 Å². The molecular weight excluding hydrogens is 267 g/mol. The molecule has 1 heterocycles. The van der Waals surface area contributed by atoms with E-state index in [0.717, 1.165) is 0 Å². The standard InChI is InChI=1S/C11H15ClF3N3/c1-16-4-5-18(8-11(13,14)15)7-10-6-9(12)2-3-17-10/h2-3,6,16H,4-5,7-8H2,1H3. The molecule has 0 radical (unpaired) electrons. The van der Waals surface area contributed by atoms with Crippen LogP contribution in [0.4, 0.5) is 13.2 Å². The van der Waals surface area contributed by atoms with E-state index in [9.17, 15) is 13.2 Å². The molecular formula is C11H15ClF3N3. The van der Waals surface area contributed by atoms with Crippen LogP contribution >= 0.6 is 11.6 Å². The number of halogens is 4. The summed E-state index contributed by atoms with van der Waals surface area (Å²) >= 11 is 5.77. The number of aromatic nitrogens is 1. The van der Waals surface area contributed by atoms with Crippen molar-refractivity contribution in [3.63, 3.8) is 0 Å². The number of alkyl halides is 3. The maximum atomic E-state index is 12.4. The molecule has 7 heteroatoms. The Balaban J connectivity index is 2.65. The van der Waals surface area contributed by atoms with E-state index < -0.39 is 12.7 Å². The summed E-state index contributed by atoms with van der Waals surface area (Å²) in [4.78, 5) is 5.29. The Kier molecular flexibility index (Phi) is 5.84. The van der Waals surface area contributed by atoms with Crippen molar-refractivity contribution in [1.29, 1.82) is 0 Å². The first-order valence-electron chi connectivity index (χ1n) is 5.45. The van der Waals surface area contributed by atoms with Crippen molar-refractivity contribution in [2.45, 2.75) is 12.7 Å². The van der Waals surface area contributed by atoms with Crippen LogP contribution in [0, 0.1) is 0 Å². The second-order valence-corrected chi connectivity index (χ2v) is 4.33. The summed E-state index contributed by atoms with van der Waals surface area (Å²) in [5.41, 5.74) is 0.530. The highest BCUT2D eigenvalue weighted by Gasteiger charge is 2.30. The average Bonchev–Trinajstić information content (AvgIpc) is 2.24. The quantitative estimate of drug-likeness (QED) is 0.867. The molecule has 1 N–H and O–H groups in total. The van der Waals surface area contributed by atoms with Crippen molar-refractivity contribution >= 4 is 11.6 Å². The molecule has 0 aliphatic carbocycles. The van der Waals surface area contributed by atoms with Gasteiger partial charge in [0.25, 0.3) is 0 Å². The summed E-state index contributed by atoms with van der Waals surface area (Å²) in [5.74, 6) is 0. The Morgan fingerprint density at radius 1 is 1.44 bits per heavy atom. The van der Waals surface area contributed by atoms with Gasteiger partial charge in [-0.3, -0.25) is 9.88 Å². The monoisotopic (exact) mass is 281 g/mol. The molecule has 1 rings (SSSR count). The van der Waals surface area contributed by atoms with Crippen LogP contribution in [0.1, 0.15) is 5.69 Å². The first kappa shape index (κ1) is 15.2. The summed E-state index contributed by atoms with van der Waals surface area (Å²) in [6.07, 6.45) is -2.73. The summed E-state index contributed by atoms with van der Waals surface area (Å²) < 4.78 is 37.2. The first-order valence-corrected chi connectivity index (χ1v) is 5.82. The van der Waals surface area contributed by atoms with Crippen molar-refractivity contribution < 1.29 is 13.2 Å². The molecule has 1 aromatic rings. The Labute approximate surface area is 109 Å². The van der Waals surface area contributed by atoms with Gasteiger partial charge in [0.05, 0.1) is 12.2 Å². The second-order valence-electron chi connectivity index (χ2n) is 3.89. The number of pyridine rings is 1. The van der Waals surface area contributed by atoms with Gasteiger partial charge in [-0.15, -0.1) is 0 Å². The van der Waals surface area contributed by atoms with Crippen LogP contribution in [-0.2, 0) is 6.54 Å². The van der Waals surface area contributed by atoms with Crippen LogP contribution in [0.15, 0.2) is 18.3 Å². The lowest BCUT2D eigenvalue weighted by Crippen LogP contribution is -2.37. The molecule has 0 fully saturated rings. The van der Waals surface area contributed by atoms with E-state index in [-0.39, 0.29) is 6.54 Å². The fourth-order valence-electron chi connectivity index (χ4n) is 1.50. The number of hydrogen-bond donors (Lipinski definition) is 1. The number of nitrogens with one attached hydrogen (secondary N) is 1. The third-order valence-electron chi connectivity index (χ3n) is 2.25. The van der Waals surface area contributed by atoms with E-state index in [1.807, 2.05) is 0 Å². The summed E-state index contributed by atoms with van der Waals surface area (Å²) in [5, 5.41) is 3.30. The molecule has 1 aromatic heterocycles. The lowest BCUT2D eigenvalue weighted by molar-refractivity contribution is -0.147. The van der Waals surface area contributed by atoms with E-state index in [0.29, 0.717) is 23.8 Å². The third-order valence-corrected chi connectivity index (χ3v) is 2.48. The Hall–Kier alpha value is -0.850. The molecule has 0 aliphatic rings. The first-order chi connectivity index (χ1) is 8.40. The number of hydrogen-bond acceptors (Lipinski definition) is 3. The van der Waals surface area contributed by atoms with Gasteiger partial charge in [-0.1, -0.05) is 11.6 Å². The molecule has 0 saturated carbocycles. The number of nitrogens with zero attached hydrogens (tertiary/aromatic N) is 2. The Morgan fingerprint density at radius 2 is 2.17 bits per heavy atom. The van der Waals surface area contributed by atoms with Gasteiger partial charge in [0.1, 0.15) is 0 Å². The largest absolute Gasteiger partial charge is 0.401 e. The fourth-order valence-corrected chi connectivity index (χ4v) is 1.68. The number of rotatable bonds is 6. The van der Waals surface area contributed by atoms with Gasteiger partial charge in [-0.25, -0.2) is 0 Å². The van der Waals surface area contributed by atoms with Gasteiger partial charge in [0, 0.05) is 30.9 Å². The Morgan fingerprint density at radius 3 is 2.72 bits per heavy atom. The molecule has 0 amide bonds. The van der Waals surface area contributed by atoms with E-state index in [2.05, 4.69) is 10.3 Å². The zero-order valence-corrected chi connectivity index (χ0v) is 10.7. The van der Waals surface area contributed by atoms with Gasteiger partial charge in [-0.2, -0.15) is 13.2 Å². The maximum Gasteiger partial charge on any atom is 0.401 e. The minimum atomic E-state index is -4.22. The van der Waals surface area contributed by atoms with Gasteiger partial charge in [0.15, 0.2) is 0 Å². The second kappa shape index (κ2) is 6.92.